The van der Waals surface area contributed by atoms with Gasteiger partial charge in [-0.2, -0.15) is 5.26 Å². The summed E-state index contributed by atoms with van der Waals surface area (Å²) in [4.78, 5) is 29.1. The fraction of sp³-hybridized carbons (Fsp3) is 0.259. The molecular formula is C27H24ClN3O3S. The molecule has 4 rings (SSSR count). The number of anilines is 1. The van der Waals surface area contributed by atoms with E-state index in [0.717, 1.165) is 30.5 Å². The standard InChI is InChI=1S/C27H24ClN3O3S/c1-2-24(25(32)30-23-14-18(27(33)34)8-10-21(23)28)35-26-20(15-29)13-19-12-17(9-11-22(19)31-26)16-6-4-3-5-7-16/h3-8,10,13-14,17,24H,2,9,11-12H2,1H3,(H,30,32)(H,33,34). The highest BCUT2D eigenvalue weighted by atomic mass is 35.5. The normalized spacial score (nSPS) is 15.5. The van der Waals surface area contributed by atoms with Gasteiger partial charge in [0.15, 0.2) is 0 Å². The lowest BCUT2D eigenvalue weighted by Crippen LogP contribution is -2.25. The van der Waals surface area contributed by atoms with E-state index >= 15 is 0 Å². The number of nitrogens with zero attached hydrogens (tertiary/aromatic N) is 2. The van der Waals surface area contributed by atoms with Crippen molar-refractivity contribution < 1.29 is 14.7 Å². The summed E-state index contributed by atoms with van der Waals surface area (Å²) in [7, 11) is 0. The third-order valence-corrected chi connectivity index (χ3v) is 7.83. The van der Waals surface area contributed by atoms with Crippen LogP contribution < -0.4 is 5.32 Å². The van der Waals surface area contributed by atoms with E-state index in [0.29, 0.717) is 22.9 Å². The first kappa shape index (κ1) is 24.8. The molecule has 0 aliphatic heterocycles. The summed E-state index contributed by atoms with van der Waals surface area (Å²) < 4.78 is 0. The average Bonchev–Trinajstić information content (AvgIpc) is 2.87. The number of carboxylic acid groups (broad SMARTS) is 1. The molecule has 6 nitrogen and oxygen atoms in total. The number of carbonyl (C=O) groups is 2. The van der Waals surface area contributed by atoms with Gasteiger partial charge in [0.2, 0.25) is 5.91 Å². The van der Waals surface area contributed by atoms with Gasteiger partial charge in [0, 0.05) is 5.69 Å². The highest BCUT2D eigenvalue weighted by molar-refractivity contribution is 8.00. The number of aromatic nitrogens is 1. The number of fused-ring (bicyclic) bond motifs is 1. The monoisotopic (exact) mass is 505 g/mol. The first-order chi connectivity index (χ1) is 16.9. The van der Waals surface area contributed by atoms with E-state index in [4.69, 9.17) is 16.6 Å². The number of nitriles is 1. The fourth-order valence-corrected chi connectivity index (χ4v) is 5.41. The van der Waals surface area contributed by atoms with E-state index in [1.165, 1.54) is 35.5 Å². The number of amides is 1. The Labute approximate surface area is 213 Å². The van der Waals surface area contributed by atoms with Crippen molar-refractivity contribution in [2.75, 3.05) is 5.32 Å². The van der Waals surface area contributed by atoms with Crippen LogP contribution in [0.4, 0.5) is 5.69 Å². The van der Waals surface area contributed by atoms with Crippen LogP contribution in [0.5, 0.6) is 0 Å². The van der Waals surface area contributed by atoms with E-state index in [2.05, 4.69) is 23.5 Å². The molecule has 2 N–H and O–H groups in total. The number of benzene rings is 2. The number of carbonyl (C=O) groups excluding carboxylic acids is 1. The maximum Gasteiger partial charge on any atom is 0.335 e. The summed E-state index contributed by atoms with van der Waals surface area (Å²) in [5.41, 5.74) is 4.08. The number of pyridine rings is 1. The van der Waals surface area contributed by atoms with Gasteiger partial charge in [-0.3, -0.25) is 4.79 Å². The zero-order valence-electron chi connectivity index (χ0n) is 19.1. The number of carboxylic acids is 1. The summed E-state index contributed by atoms with van der Waals surface area (Å²) in [6.07, 6.45) is 3.12. The van der Waals surface area contributed by atoms with Crippen molar-refractivity contribution in [2.24, 2.45) is 0 Å². The van der Waals surface area contributed by atoms with Crippen LogP contribution in [0, 0.1) is 11.3 Å². The lowest BCUT2D eigenvalue weighted by Gasteiger charge is -2.25. The summed E-state index contributed by atoms with van der Waals surface area (Å²) in [5, 5.41) is 22.0. The second-order valence-electron chi connectivity index (χ2n) is 8.41. The Kier molecular flexibility index (Phi) is 7.74. The maximum absolute atomic E-state index is 13.0. The fourth-order valence-electron chi connectivity index (χ4n) is 4.25. The van der Waals surface area contributed by atoms with Crippen molar-refractivity contribution in [2.45, 2.75) is 48.8 Å². The van der Waals surface area contributed by atoms with Crippen molar-refractivity contribution in [3.05, 3.63) is 87.6 Å². The summed E-state index contributed by atoms with van der Waals surface area (Å²) in [5.74, 6) is -1.03. The molecule has 0 spiro atoms. The highest BCUT2D eigenvalue weighted by Gasteiger charge is 2.26. The van der Waals surface area contributed by atoms with Gasteiger partial charge in [-0.25, -0.2) is 9.78 Å². The Balaban J connectivity index is 1.53. The smallest absolute Gasteiger partial charge is 0.335 e. The Morgan fingerprint density at radius 3 is 2.71 bits per heavy atom. The minimum absolute atomic E-state index is 0.0299. The number of halogens is 1. The molecule has 1 aromatic heterocycles. The Bertz CT molecular complexity index is 1310. The molecule has 2 unspecified atom stereocenters. The molecule has 0 saturated heterocycles. The Morgan fingerprint density at radius 1 is 1.26 bits per heavy atom. The van der Waals surface area contributed by atoms with E-state index < -0.39 is 11.2 Å². The molecule has 1 aliphatic rings. The van der Waals surface area contributed by atoms with Gasteiger partial charge in [-0.1, -0.05) is 60.6 Å². The molecule has 178 valence electrons. The van der Waals surface area contributed by atoms with E-state index in [9.17, 15) is 20.0 Å². The van der Waals surface area contributed by atoms with E-state index in [1.54, 1.807) is 0 Å². The van der Waals surface area contributed by atoms with Crippen LogP contribution in [0.2, 0.25) is 5.02 Å². The summed E-state index contributed by atoms with van der Waals surface area (Å²) in [6.45, 7) is 1.88. The van der Waals surface area contributed by atoms with Crippen LogP contribution in [0.25, 0.3) is 0 Å². The van der Waals surface area contributed by atoms with Gasteiger partial charge in [0.05, 0.1) is 27.1 Å². The summed E-state index contributed by atoms with van der Waals surface area (Å²) in [6, 6.07) is 18.7. The number of hydrogen-bond donors (Lipinski definition) is 2. The molecule has 1 heterocycles. The van der Waals surface area contributed by atoms with E-state index in [-0.39, 0.29) is 22.2 Å². The van der Waals surface area contributed by atoms with E-state index in [1.807, 2.05) is 31.2 Å². The Hall–Kier alpha value is -3.34. The second kappa shape index (κ2) is 10.9. The zero-order valence-corrected chi connectivity index (χ0v) is 20.7. The predicted molar refractivity (Wildman–Crippen MR) is 137 cm³/mol. The van der Waals surface area contributed by atoms with Crippen molar-refractivity contribution in [1.82, 2.24) is 4.98 Å². The molecule has 2 aromatic carbocycles. The first-order valence-electron chi connectivity index (χ1n) is 11.4. The Morgan fingerprint density at radius 2 is 2.03 bits per heavy atom. The molecule has 8 heteroatoms. The summed E-state index contributed by atoms with van der Waals surface area (Å²) >= 11 is 7.41. The van der Waals surface area contributed by atoms with Gasteiger partial charge in [0.1, 0.15) is 11.1 Å². The quantitative estimate of drug-likeness (QED) is 0.377. The lowest BCUT2D eigenvalue weighted by atomic mass is 9.82. The molecule has 0 saturated carbocycles. The number of aromatic carboxylic acids is 1. The van der Waals surface area contributed by atoms with Crippen LogP contribution in [0.1, 0.15) is 58.4 Å². The van der Waals surface area contributed by atoms with Crippen molar-refractivity contribution in [1.29, 1.82) is 5.26 Å². The largest absolute Gasteiger partial charge is 0.478 e. The van der Waals surface area contributed by atoms with Crippen LogP contribution in [-0.4, -0.2) is 27.2 Å². The molecule has 0 fully saturated rings. The van der Waals surface area contributed by atoms with Crippen LogP contribution in [0.15, 0.2) is 59.6 Å². The molecule has 1 amide bonds. The van der Waals surface area contributed by atoms with Crippen molar-refractivity contribution in [3.8, 4) is 6.07 Å². The molecule has 0 bridgehead atoms. The maximum atomic E-state index is 13.0. The molecule has 1 aliphatic carbocycles. The number of thioether (sulfide) groups is 1. The topological polar surface area (TPSA) is 103 Å². The zero-order chi connectivity index (χ0) is 24.9. The van der Waals surface area contributed by atoms with Gasteiger partial charge < -0.3 is 10.4 Å². The van der Waals surface area contributed by atoms with Crippen LogP contribution in [0.3, 0.4) is 0 Å². The van der Waals surface area contributed by atoms with Crippen LogP contribution >= 0.6 is 23.4 Å². The van der Waals surface area contributed by atoms with Gasteiger partial charge >= 0.3 is 5.97 Å². The SMILES string of the molecule is CCC(Sc1nc2c(cc1C#N)CC(c1ccccc1)CC2)C(=O)Nc1cc(C(=O)O)ccc1Cl. The van der Waals surface area contributed by atoms with Gasteiger partial charge in [-0.15, -0.1) is 0 Å². The number of nitrogens with one attached hydrogen (secondary N) is 1. The molecular weight excluding hydrogens is 482 g/mol. The van der Waals surface area contributed by atoms with Gasteiger partial charge in [-0.05, 0) is 67.0 Å². The molecule has 2 atom stereocenters. The minimum Gasteiger partial charge on any atom is -0.478 e. The van der Waals surface area contributed by atoms with Crippen molar-refractivity contribution in [3.63, 3.8) is 0 Å². The second-order valence-corrected chi connectivity index (χ2v) is 10.0. The average molecular weight is 506 g/mol. The number of rotatable bonds is 7. The number of hydrogen-bond acceptors (Lipinski definition) is 5. The molecule has 3 aromatic rings. The predicted octanol–water partition coefficient (Wildman–Crippen LogP) is 6.09. The molecule has 35 heavy (non-hydrogen) atoms. The third kappa shape index (κ3) is 5.67. The number of aryl methyl sites for hydroxylation is 1. The lowest BCUT2D eigenvalue weighted by molar-refractivity contribution is -0.115. The van der Waals surface area contributed by atoms with Gasteiger partial charge in [0.25, 0.3) is 0 Å². The third-order valence-electron chi connectivity index (χ3n) is 6.13. The van der Waals surface area contributed by atoms with Crippen LogP contribution in [-0.2, 0) is 17.6 Å². The molecule has 0 radical (unpaired) electrons. The van der Waals surface area contributed by atoms with Crippen molar-refractivity contribution >= 4 is 40.9 Å². The minimum atomic E-state index is -1.11. The first-order valence-corrected chi connectivity index (χ1v) is 12.6. The highest BCUT2D eigenvalue weighted by Crippen LogP contribution is 2.36.